The number of nitrogens with zero attached hydrogens (tertiary/aromatic N) is 1. The number of hydrogen-bond acceptors (Lipinski definition) is 5. The summed E-state index contributed by atoms with van der Waals surface area (Å²) in [5.74, 6) is 0.153. The molecule has 0 aromatic heterocycles. The van der Waals surface area contributed by atoms with Crippen molar-refractivity contribution in [3.8, 4) is 5.75 Å². The fourth-order valence-electron chi connectivity index (χ4n) is 3.47. The minimum absolute atomic E-state index is 0.00626. The SMILES string of the molecule is CCOC(=O)Oc1ccc(C(=O)NC2CCN(C(=O)c3ccc(C)c(C)c3)CC2)cc1. The summed E-state index contributed by atoms with van der Waals surface area (Å²) in [6.45, 7) is 7.15. The van der Waals surface area contributed by atoms with Gasteiger partial charge in [-0.15, -0.1) is 0 Å². The third kappa shape index (κ3) is 5.84. The summed E-state index contributed by atoms with van der Waals surface area (Å²) in [6, 6.07) is 12.1. The van der Waals surface area contributed by atoms with Crippen LogP contribution in [0.1, 0.15) is 51.6 Å². The highest BCUT2D eigenvalue weighted by Crippen LogP contribution is 2.18. The molecule has 7 nitrogen and oxygen atoms in total. The molecule has 0 aliphatic carbocycles. The van der Waals surface area contributed by atoms with Crippen LogP contribution >= 0.6 is 0 Å². The third-order valence-electron chi connectivity index (χ3n) is 5.45. The number of hydrogen-bond donors (Lipinski definition) is 1. The van der Waals surface area contributed by atoms with Crippen molar-refractivity contribution in [1.29, 1.82) is 0 Å². The number of nitrogens with one attached hydrogen (secondary N) is 1. The molecule has 31 heavy (non-hydrogen) atoms. The van der Waals surface area contributed by atoms with E-state index in [9.17, 15) is 14.4 Å². The molecule has 1 heterocycles. The number of amides is 2. The van der Waals surface area contributed by atoms with E-state index in [1.807, 2.05) is 36.9 Å². The van der Waals surface area contributed by atoms with Gasteiger partial charge in [0.05, 0.1) is 6.61 Å². The lowest BCUT2D eigenvalue weighted by Crippen LogP contribution is -2.46. The Kier molecular flexibility index (Phi) is 7.28. The Morgan fingerprint density at radius 2 is 1.61 bits per heavy atom. The molecule has 0 saturated carbocycles. The molecular formula is C24H28N2O5. The molecule has 3 rings (SSSR count). The molecule has 164 valence electrons. The van der Waals surface area contributed by atoms with Crippen molar-refractivity contribution in [3.05, 3.63) is 64.7 Å². The lowest BCUT2D eigenvalue weighted by Gasteiger charge is -2.32. The Hall–Kier alpha value is -3.35. The van der Waals surface area contributed by atoms with Crippen LogP contribution in [0.25, 0.3) is 0 Å². The Morgan fingerprint density at radius 1 is 0.968 bits per heavy atom. The van der Waals surface area contributed by atoms with E-state index < -0.39 is 6.16 Å². The van der Waals surface area contributed by atoms with Crippen molar-refractivity contribution in [2.45, 2.75) is 39.7 Å². The molecule has 0 radical (unpaired) electrons. The highest BCUT2D eigenvalue weighted by atomic mass is 16.7. The molecule has 1 aliphatic heterocycles. The molecule has 1 aliphatic rings. The van der Waals surface area contributed by atoms with Gasteiger partial charge in [0.2, 0.25) is 0 Å². The van der Waals surface area contributed by atoms with Crippen LogP contribution < -0.4 is 10.1 Å². The number of carbonyl (C=O) groups excluding carboxylic acids is 3. The Bertz CT molecular complexity index is 947. The van der Waals surface area contributed by atoms with Gasteiger partial charge in [0.25, 0.3) is 11.8 Å². The minimum Gasteiger partial charge on any atom is -0.434 e. The van der Waals surface area contributed by atoms with Crippen molar-refractivity contribution in [3.63, 3.8) is 0 Å². The van der Waals surface area contributed by atoms with Crippen LogP contribution in [-0.4, -0.2) is 48.6 Å². The number of piperidine rings is 1. The van der Waals surface area contributed by atoms with Gasteiger partial charge in [-0.1, -0.05) is 6.07 Å². The van der Waals surface area contributed by atoms with E-state index in [2.05, 4.69) is 5.32 Å². The monoisotopic (exact) mass is 424 g/mol. The number of ether oxygens (including phenoxy) is 2. The van der Waals surface area contributed by atoms with Gasteiger partial charge in [0.1, 0.15) is 5.75 Å². The van der Waals surface area contributed by atoms with E-state index in [1.165, 1.54) is 5.56 Å². The molecule has 0 bridgehead atoms. The maximum Gasteiger partial charge on any atom is 0.513 e. The second kappa shape index (κ2) is 10.1. The average molecular weight is 424 g/mol. The minimum atomic E-state index is -0.776. The van der Waals surface area contributed by atoms with Crippen LogP contribution in [0.5, 0.6) is 5.75 Å². The Balaban J connectivity index is 1.50. The van der Waals surface area contributed by atoms with Crippen LogP contribution in [-0.2, 0) is 4.74 Å². The van der Waals surface area contributed by atoms with Crippen LogP contribution in [0.2, 0.25) is 0 Å². The standard InChI is InChI=1S/C24H28N2O5/c1-4-30-24(29)31-21-9-7-18(8-10-21)22(27)25-20-11-13-26(14-12-20)23(28)19-6-5-16(2)17(3)15-19/h5-10,15,20H,4,11-14H2,1-3H3,(H,25,27). The number of rotatable bonds is 5. The van der Waals surface area contributed by atoms with Crippen molar-refractivity contribution in [2.75, 3.05) is 19.7 Å². The first-order valence-electron chi connectivity index (χ1n) is 10.5. The summed E-state index contributed by atoms with van der Waals surface area (Å²) in [7, 11) is 0. The zero-order chi connectivity index (χ0) is 22.4. The van der Waals surface area contributed by atoms with Gasteiger partial charge < -0.3 is 19.7 Å². The van der Waals surface area contributed by atoms with E-state index in [0.29, 0.717) is 42.8 Å². The fourth-order valence-corrected chi connectivity index (χ4v) is 3.47. The molecule has 0 unspecified atom stereocenters. The van der Waals surface area contributed by atoms with Crippen molar-refractivity contribution in [2.24, 2.45) is 0 Å². The lowest BCUT2D eigenvalue weighted by molar-refractivity contribution is 0.0697. The van der Waals surface area contributed by atoms with Gasteiger partial charge in [-0.05, 0) is 81.1 Å². The van der Waals surface area contributed by atoms with E-state index in [-0.39, 0.29) is 24.5 Å². The molecule has 1 saturated heterocycles. The fraction of sp³-hybridized carbons (Fsp3) is 0.375. The second-order valence-electron chi connectivity index (χ2n) is 7.65. The molecular weight excluding hydrogens is 396 g/mol. The summed E-state index contributed by atoms with van der Waals surface area (Å²) in [5.41, 5.74) is 3.45. The van der Waals surface area contributed by atoms with Gasteiger partial charge in [-0.3, -0.25) is 9.59 Å². The van der Waals surface area contributed by atoms with Crippen molar-refractivity contribution in [1.82, 2.24) is 10.2 Å². The third-order valence-corrected chi connectivity index (χ3v) is 5.45. The van der Waals surface area contributed by atoms with Crippen LogP contribution in [0.4, 0.5) is 4.79 Å². The first-order valence-corrected chi connectivity index (χ1v) is 10.5. The van der Waals surface area contributed by atoms with Crippen LogP contribution in [0.15, 0.2) is 42.5 Å². The van der Waals surface area contributed by atoms with Gasteiger partial charge in [-0.2, -0.15) is 0 Å². The number of likely N-dealkylation sites (tertiary alicyclic amines) is 1. The lowest BCUT2D eigenvalue weighted by atomic mass is 10.0. The van der Waals surface area contributed by atoms with E-state index in [0.717, 1.165) is 5.56 Å². The molecule has 2 aromatic carbocycles. The van der Waals surface area contributed by atoms with E-state index in [1.54, 1.807) is 31.2 Å². The normalized spacial score (nSPS) is 14.1. The Labute approximate surface area is 182 Å². The smallest absolute Gasteiger partial charge is 0.434 e. The average Bonchev–Trinajstić information content (AvgIpc) is 2.76. The largest absolute Gasteiger partial charge is 0.513 e. The molecule has 1 N–H and O–H groups in total. The van der Waals surface area contributed by atoms with Gasteiger partial charge in [0, 0.05) is 30.3 Å². The van der Waals surface area contributed by atoms with Crippen LogP contribution in [0.3, 0.4) is 0 Å². The first-order chi connectivity index (χ1) is 14.9. The van der Waals surface area contributed by atoms with E-state index in [4.69, 9.17) is 9.47 Å². The summed E-state index contributed by atoms with van der Waals surface area (Å²) >= 11 is 0. The summed E-state index contributed by atoms with van der Waals surface area (Å²) in [6.07, 6.45) is 0.625. The molecule has 0 spiro atoms. The first kappa shape index (κ1) is 22.3. The number of carbonyl (C=O) groups is 3. The molecule has 1 fully saturated rings. The maximum atomic E-state index is 12.8. The van der Waals surface area contributed by atoms with Gasteiger partial charge >= 0.3 is 6.16 Å². The van der Waals surface area contributed by atoms with Gasteiger partial charge in [0.15, 0.2) is 0 Å². The number of benzene rings is 2. The highest BCUT2D eigenvalue weighted by Gasteiger charge is 2.25. The summed E-state index contributed by atoms with van der Waals surface area (Å²) in [4.78, 5) is 38.5. The Morgan fingerprint density at radius 3 is 2.23 bits per heavy atom. The zero-order valence-electron chi connectivity index (χ0n) is 18.1. The summed E-state index contributed by atoms with van der Waals surface area (Å²) < 4.78 is 9.71. The maximum absolute atomic E-state index is 12.8. The molecule has 7 heteroatoms. The predicted octanol–water partition coefficient (Wildman–Crippen LogP) is 3.87. The molecule has 0 atom stereocenters. The summed E-state index contributed by atoms with van der Waals surface area (Å²) in [5, 5.41) is 3.02. The highest BCUT2D eigenvalue weighted by molar-refractivity contribution is 5.95. The topological polar surface area (TPSA) is 84.9 Å². The molecule has 2 amide bonds. The second-order valence-corrected chi connectivity index (χ2v) is 7.65. The zero-order valence-corrected chi connectivity index (χ0v) is 18.1. The molecule has 2 aromatic rings. The van der Waals surface area contributed by atoms with Crippen molar-refractivity contribution >= 4 is 18.0 Å². The van der Waals surface area contributed by atoms with E-state index >= 15 is 0 Å². The number of aryl methyl sites for hydroxylation is 2. The predicted molar refractivity (Wildman–Crippen MR) is 116 cm³/mol. The quantitative estimate of drug-likeness (QED) is 0.582. The van der Waals surface area contributed by atoms with Crippen LogP contribution in [0, 0.1) is 13.8 Å². The van der Waals surface area contributed by atoms with Gasteiger partial charge in [-0.25, -0.2) is 4.79 Å². The van der Waals surface area contributed by atoms with Crippen molar-refractivity contribution < 1.29 is 23.9 Å².